The first kappa shape index (κ1) is 7.35. The van der Waals surface area contributed by atoms with Crippen LogP contribution in [-0.4, -0.2) is 28.7 Å². The zero-order valence-corrected chi connectivity index (χ0v) is 7.86. The van der Waals surface area contributed by atoms with E-state index in [-0.39, 0.29) is 9.39 Å². The Bertz CT molecular complexity index is 91.1. The minimum Gasteiger partial charge on any atom is -0.380 e. The number of ether oxygens (including phenoxy) is 1. The van der Waals surface area contributed by atoms with Crippen molar-refractivity contribution in [1.29, 1.82) is 0 Å². The highest BCUT2D eigenvalue weighted by Crippen LogP contribution is 2.21. The largest absolute Gasteiger partial charge is 0.380 e. The third-order valence-corrected chi connectivity index (χ3v) is 4.35. The molecule has 1 unspecified atom stereocenters. The SMILES string of the molecule is B[SiH2]C1(C)CCCCO1. The summed E-state index contributed by atoms with van der Waals surface area (Å²) in [4.78, 5) is 0. The maximum atomic E-state index is 5.68. The van der Waals surface area contributed by atoms with Crippen LogP contribution in [0, 0.1) is 0 Å². The lowest BCUT2D eigenvalue weighted by molar-refractivity contribution is -0.00545. The van der Waals surface area contributed by atoms with Crippen LogP contribution >= 0.6 is 0 Å². The molecule has 0 bridgehead atoms. The van der Waals surface area contributed by atoms with Gasteiger partial charge in [0.25, 0.3) is 0 Å². The van der Waals surface area contributed by atoms with E-state index in [1.807, 2.05) is 0 Å². The summed E-state index contributed by atoms with van der Waals surface area (Å²) < 4.78 is 5.68. The van der Waals surface area contributed by atoms with E-state index in [1.165, 1.54) is 19.3 Å². The summed E-state index contributed by atoms with van der Waals surface area (Å²) in [5.41, 5.74) is 0. The fraction of sp³-hybridized carbons (Fsp3) is 1.00. The van der Waals surface area contributed by atoms with Gasteiger partial charge in [0, 0.05) is 21.2 Å². The van der Waals surface area contributed by atoms with Gasteiger partial charge in [-0.2, -0.15) is 0 Å². The van der Waals surface area contributed by atoms with Crippen LogP contribution in [0.2, 0.25) is 0 Å². The fourth-order valence-corrected chi connectivity index (χ4v) is 2.22. The number of hydrogen-bond acceptors (Lipinski definition) is 1. The van der Waals surface area contributed by atoms with Gasteiger partial charge < -0.3 is 4.74 Å². The van der Waals surface area contributed by atoms with Crippen LogP contribution in [0.25, 0.3) is 0 Å². The fourth-order valence-electron chi connectivity index (χ4n) is 1.27. The van der Waals surface area contributed by atoms with Crippen molar-refractivity contribution >= 4 is 16.8 Å². The first-order chi connectivity index (χ1) is 4.27. The van der Waals surface area contributed by atoms with Crippen LogP contribution in [-0.2, 0) is 4.74 Å². The second-order valence-electron chi connectivity index (χ2n) is 3.11. The standard InChI is InChI=1S/C6H15BOSi/c1-6(9-7)4-2-3-5-8-6/h2-5,7,9H2,1H3. The third kappa shape index (κ3) is 1.83. The number of hydrogen-bond donors (Lipinski definition) is 0. The van der Waals surface area contributed by atoms with Crippen molar-refractivity contribution in [3.8, 4) is 0 Å². The lowest BCUT2D eigenvalue weighted by Gasteiger charge is -2.32. The van der Waals surface area contributed by atoms with Gasteiger partial charge in [0.1, 0.15) is 0 Å². The van der Waals surface area contributed by atoms with Gasteiger partial charge >= 0.3 is 0 Å². The molecular weight excluding hydrogens is 127 g/mol. The van der Waals surface area contributed by atoms with Gasteiger partial charge in [-0.3, -0.25) is 0 Å². The molecule has 1 heterocycles. The van der Waals surface area contributed by atoms with Crippen LogP contribution < -0.4 is 0 Å². The van der Waals surface area contributed by atoms with E-state index in [4.69, 9.17) is 4.74 Å². The Morgan fingerprint density at radius 2 is 2.33 bits per heavy atom. The molecule has 1 saturated heterocycles. The first-order valence-electron chi connectivity index (χ1n) is 3.91. The Hall–Kier alpha value is 0.242. The zero-order chi connectivity index (χ0) is 6.74. The maximum absolute atomic E-state index is 5.68. The monoisotopic (exact) mass is 142 g/mol. The van der Waals surface area contributed by atoms with Gasteiger partial charge in [-0.25, -0.2) is 0 Å². The molecule has 9 heavy (non-hydrogen) atoms. The molecule has 1 rings (SSSR count). The summed E-state index contributed by atoms with van der Waals surface area (Å²) >= 11 is 0. The molecule has 0 aromatic rings. The second kappa shape index (κ2) is 2.88. The molecule has 1 nitrogen and oxygen atoms in total. The molecule has 1 aliphatic rings. The molecule has 3 heteroatoms. The molecule has 1 atom stereocenters. The molecule has 0 aromatic carbocycles. The van der Waals surface area contributed by atoms with E-state index >= 15 is 0 Å². The van der Waals surface area contributed by atoms with Crippen molar-refractivity contribution in [3.05, 3.63) is 0 Å². The van der Waals surface area contributed by atoms with E-state index in [9.17, 15) is 0 Å². The van der Waals surface area contributed by atoms with E-state index in [0.717, 1.165) is 6.61 Å². The van der Waals surface area contributed by atoms with Crippen LogP contribution in [0.5, 0.6) is 0 Å². The van der Waals surface area contributed by atoms with Crippen molar-refractivity contribution in [2.24, 2.45) is 0 Å². The van der Waals surface area contributed by atoms with Gasteiger partial charge in [0.15, 0.2) is 0 Å². The minimum atomic E-state index is 0.0495. The smallest absolute Gasteiger partial charge is 0.0927 e. The first-order valence-corrected chi connectivity index (χ1v) is 6.03. The molecular formula is C6H15BOSi. The predicted molar refractivity (Wildman–Crippen MR) is 45.3 cm³/mol. The predicted octanol–water partition coefficient (Wildman–Crippen LogP) is -0.380. The molecule has 0 spiro atoms. The molecule has 52 valence electrons. The van der Waals surface area contributed by atoms with Crippen molar-refractivity contribution in [1.82, 2.24) is 0 Å². The van der Waals surface area contributed by atoms with Crippen LogP contribution in [0.15, 0.2) is 0 Å². The summed E-state index contributed by atoms with van der Waals surface area (Å²) in [6, 6.07) is 0. The Labute approximate surface area is 60.3 Å². The van der Waals surface area contributed by atoms with Gasteiger partial charge in [-0.1, -0.05) is 0 Å². The summed E-state index contributed by atoms with van der Waals surface area (Å²) in [5.74, 6) is 0. The van der Waals surface area contributed by atoms with E-state index in [1.54, 1.807) is 0 Å². The van der Waals surface area contributed by atoms with Crippen molar-refractivity contribution < 1.29 is 4.74 Å². The van der Waals surface area contributed by atoms with E-state index < -0.39 is 0 Å². The van der Waals surface area contributed by atoms with Crippen molar-refractivity contribution in [3.63, 3.8) is 0 Å². The molecule has 1 fully saturated rings. The quantitative estimate of drug-likeness (QED) is 0.453. The van der Waals surface area contributed by atoms with Crippen molar-refractivity contribution in [2.45, 2.75) is 31.4 Å². The highest BCUT2D eigenvalue weighted by molar-refractivity contribution is 6.91. The highest BCUT2D eigenvalue weighted by Gasteiger charge is 2.24. The lowest BCUT2D eigenvalue weighted by Crippen LogP contribution is -2.39. The summed E-state index contributed by atoms with van der Waals surface area (Å²) in [5, 5.41) is 0.359. The summed E-state index contributed by atoms with van der Waals surface area (Å²) in [7, 11) is 2.39. The zero-order valence-electron chi connectivity index (χ0n) is 6.44. The Morgan fingerprint density at radius 1 is 1.56 bits per heavy atom. The van der Waals surface area contributed by atoms with Gasteiger partial charge in [0.05, 0.1) is 7.44 Å². The minimum absolute atomic E-state index is 0.0495. The Morgan fingerprint density at radius 3 is 2.67 bits per heavy atom. The molecule has 0 amide bonds. The van der Waals surface area contributed by atoms with Gasteiger partial charge in [0.2, 0.25) is 0 Å². The van der Waals surface area contributed by atoms with Crippen LogP contribution in [0.4, 0.5) is 0 Å². The van der Waals surface area contributed by atoms with Crippen LogP contribution in [0.3, 0.4) is 0 Å². The normalized spacial score (nSPS) is 37.9. The Balaban J connectivity index is 2.37. The third-order valence-electron chi connectivity index (χ3n) is 2.30. The summed E-state index contributed by atoms with van der Waals surface area (Å²) in [6.45, 7) is 3.29. The maximum Gasteiger partial charge on any atom is 0.0927 e. The van der Waals surface area contributed by atoms with Crippen molar-refractivity contribution in [2.75, 3.05) is 6.61 Å². The molecule has 0 N–H and O–H groups in total. The second-order valence-corrected chi connectivity index (χ2v) is 5.31. The van der Waals surface area contributed by atoms with E-state index in [2.05, 4.69) is 14.4 Å². The molecule has 1 aliphatic heterocycles. The van der Waals surface area contributed by atoms with Gasteiger partial charge in [-0.15, -0.1) is 0 Å². The van der Waals surface area contributed by atoms with Gasteiger partial charge in [-0.05, 0) is 26.2 Å². The van der Waals surface area contributed by atoms with E-state index in [0.29, 0.717) is 5.22 Å². The number of rotatable bonds is 1. The molecule has 0 aliphatic carbocycles. The average Bonchev–Trinajstić information content (AvgIpc) is 1.90. The molecule has 0 saturated carbocycles. The highest BCUT2D eigenvalue weighted by atomic mass is 28.2. The lowest BCUT2D eigenvalue weighted by atomic mass is 10.1. The summed E-state index contributed by atoms with van der Waals surface area (Å²) in [6.07, 6.45) is 3.98. The Kier molecular flexibility index (Phi) is 2.36. The average molecular weight is 142 g/mol. The topological polar surface area (TPSA) is 9.23 Å². The van der Waals surface area contributed by atoms with Crippen LogP contribution in [0.1, 0.15) is 26.2 Å². The molecule has 0 radical (unpaired) electrons. The molecule has 0 aromatic heterocycles.